The summed E-state index contributed by atoms with van der Waals surface area (Å²) in [7, 11) is 4.12. The highest BCUT2D eigenvalue weighted by atomic mass is 16.2. The fraction of sp³-hybridized carbons (Fsp3) is 0.929. The molecule has 1 atom stereocenters. The molecule has 0 saturated carbocycles. The molecular formula is C14H27N3O. The van der Waals surface area contributed by atoms with E-state index in [0.29, 0.717) is 6.04 Å². The summed E-state index contributed by atoms with van der Waals surface area (Å²) >= 11 is 0. The van der Waals surface area contributed by atoms with Gasteiger partial charge in [0.15, 0.2) is 0 Å². The first kappa shape index (κ1) is 13.7. The van der Waals surface area contributed by atoms with Gasteiger partial charge in [-0.1, -0.05) is 6.92 Å². The lowest BCUT2D eigenvalue weighted by Crippen LogP contribution is -2.48. The van der Waals surface area contributed by atoms with Gasteiger partial charge in [0.05, 0.1) is 0 Å². The van der Waals surface area contributed by atoms with E-state index < -0.39 is 0 Å². The third-order valence-electron chi connectivity index (χ3n) is 4.54. The minimum atomic E-state index is 0.224. The first-order valence-corrected chi connectivity index (χ1v) is 7.28. The molecule has 1 unspecified atom stereocenters. The van der Waals surface area contributed by atoms with Gasteiger partial charge >= 0.3 is 6.03 Å². The molecule has 4 nitrogen and oxygen atoms in total. The summed E-state index contributed by atoms with van der Waals surface area (Å²) in [6.45, 7) is 6.20. The maximum atomic E-state index is 12.3. The number of likely N-dealkylation sites (N-methyl/N-ethyl adjacent to an activating group) is 2. The fourth-order valence-corrected chi connectivity index (χ4v) is 3.05. The third kappa shape index (κ3) is 3.16. The van der Waals surface area contributed by atoms with Crippen molar-refractivity contribution >= 4 is 6.03 Å². The van der Waals surface area contributed by atoms with Crippen molar-refractivity contribution in [3.8, 4) is 0 Å². The van der Waals surface area contributed by atoms with Crippen LogP contribution in [0.5, 0.6) is 0 Å². The zero-order chi connectivity index (χ0) is 13.1. The van der Waals surface area contributed by atoms with Gasteiger partial charge in [0, 0.05) is 32.7 Å². The number of rotatable bonds is 2. The Kier molecular flexibility index (Phi) is 4.49. The maximum Gasteiger partial charge on any atom is 0.319 e. The van der Waals surface area contributed by atoms with Crippen molar-refractivity contribution in [2.45, 2.75) is 38.6 Å². The van der Waals surface area contributed by atoms with Crippen LogP contribution in [-0.2, 0) is 0 Å². The van der Waals surface area contributed by atoms with Crippen LogP contribution in [0.1, 0.15) is 32.6 Å². The first-order chi connectivity index (χ1) is 8.58. The average Bonchev–Trinajstić information content (AvgIpc) is 2.75. The minimum Gasteiger partial charge on any atom is -0.326 e. The molecule has 0 N–H and O–H groups in total. The molecule has 4 heteroatoms. The van der Waals surface area contributed by atoms with E-state index in [9.17, 15) is 4.79 Å². The minimum absolute atomic E-state index is 0.224. The lowest BCUT2D eigenvalue weighted by Gasteiger charge is -2.35. The van der Waals surface area contributed by atoms with Crippen LogP contribution in [0, 0.1) is 5.92 Å². The highest BCUT2D eigenvalue weighted by Crippen LogP contribution is 2.19. The lowest BCUT2D eigenvalue weighted by molar-refractivity contribution is 0.133. The molecule has 104 valence electrons. The predicted octanol–water partition coefficient (Wildman–Crippen LogP) is 1.86. The summed E-state index contributed by atoms with van der Waals surface area (Å²) < 4.78 is 0. The topological polar surface area (TPSA) is 26.8 Å². The fourth-order valence-electron chi connectivity index (χ4n) is 3.05. The van der Waals surface area contributed by atoms with Gasteiger partial charge in [-0.15, -0.1) is 0 Å². The number of amides is 2. The van der Waals surface area contributed by atoms with Crippen LogP contribution in [0.4, 0.5) is 4.79 Å². The Bertz CT molecular complexity index is 287. The van der Waals surface area contributed by atoms with E-state index in [1.165, 1.54) is 19.4 Å². The summed E-state index contributed by atoms with van der Waals surface area (Å²) in [5.74, 6) is 0.778. The van der Waals surface area contributed by atoms with Crippen molar-refractivity contribution in [1.82, 2.24) is 14.7 Å². The SMILES string of the molecule is CC1CCN(C(=O)N(C)CC2CCCN2C)CC1. The molecule has 0 bridgehead atoms. The van der Waals surface area contributed by atoms with Gasteiger partial charge in [-0.3, -0.25) is 0 Å². The summed E-state index contributed by atoms with van der Waals surface area (Å²) in [5.41, 5.74) is 0. The van der Waals surface area contributed by atoms with Crippen LogP contribution < -0.4 is 0 Å². The number of carbonyl (C=O) groups excluding carboxylic acids is 1. The zero-order valence-corrected chi connectivity index (χ0v) is 12.1. The number of hydrogen-bond acceptors (Lipinski definition) is 2. The van der Waals surface area contributed by atoms with Crippen LogP contribution in [0.2, 0.25) is 0 Å². The standard InChI is InChI=1S/C14H27N3O/c1-12-6-9-17(10-7-12)14(18)16(3)11-13-5-4-8-15(13)2/h12-13H,4-11H2,1-3H3. The van der Waals surface area contributed by atoms with Crippen LogP contribution in [0.15, 0.2) is 0 Å². The Morgan fingerprint density at radius 1 is 1.22 bits per heavy atom. The van der Waals surface area contributed by atoms with Crippen LogP contribution in [0.25, 0.3) is 0 Å². The van der Waals surface area contributed by atoms with Gasteiger partial charge in [0.2, 0.25) is 0 Å². The number of piperidine rings is 1. The second-order valence-corrected chi connectivity index (χ2v) is 6.11. The van der Waals surface area contributed by atoms with Gasteiger partial charge in [0.1, 0.15) is 0 Å². The van der Waals surface area contributed by atoms with Crippen LogP contribution >= 0.6 is 0 Å². The highest BCUT2D eigenvalue weighted by molar-refractivity contribution is 5.74. The molecular weight excluding hydrogens is 226 g/mol. The van der Waals surface area contributed by atoms with Gasteiger partial charge in [-0.25, -0.2) is 4.79 Å². The number of urea groups is 1. The Morgan fingerprint density at radius 3 is 2.44 bits per heavy atom. The highest BCUT2D eigenvalue weighted by Gasteiger charge is 2.27. The van der Waals surface area contributed by atoms with Crippen LogP contribution in [0.3, 0.4) is 0 Å². The molecule has 2 aliphatic rings. The molecule has 2 heterocycles. The molecule has 18 heavy (non-hydrogen) atoms. The Labute approximate surface area is 111 Å². The van der Waals surface area contributed by atoms with E-state index in [1.54, 1.807) is 0 Å². The third-order valence-corrected chi connectivity index (χ3v) is 4.54. The number of hydrogen-bond donors (Lipinski definition) is 0. The van der Waals surface area contributed by atoms with Gasteiger partial charge < -0.3 is 14.7 Å². The molecule has 0 aliphatic carbocycles. The summed E-state index contributed by atoms with van der Waals surface area (Å²) in [6, 6.07) is 0.782. The molecule has 2 rings (SSSR count). The molecule has 0 aromatic heterocycles. The van der Waals surface area contributed by atoms with Crippen molar-refractivity contribution < 1.29 is 4.79 Å². The number of carbonyl (C=O) groups is 1. The second-order valence-electron chi connectivity index (χ2n) is 6.11. The van der Waals surface area contributed by atoms with Crippen molar-refractivity contribution in [1.29, 1.82) is 0 Å². The van der Waals surface area contributed by atoms with Crippen molar-refractivity contribution in [3.05, 3.63) is 0 Å². The van der Waals surface area contributed by atoms with E-state index >= 15 is 0 Å². The average molecular weight is 253 g/mol. The van der Waals surface area contributed by atoms with E-state index in [0.717, 1.165) is 38.4 Å². The van der Waals surface area contributed by atoms with Crippen molar-refractivity contribution in [2.75, 3.05) is 40.3 Å². The molecule has 0 spiro atoms. The molecule has 0 aromatic rings. The van der Waals surface area contributed by atoms with E-state index in [2.05, 4.69) is 18.9 Å². The van der Waals surface area contributed by atoms with E-state index in [4.69, 9.17) is 0 Å². The molecule has 2 saturated heterocycles. The second kappa shape index (κ2) is 5.91. The quantitative estimate of drug-likeness (QED) is 0.751. The molecule has 2 amide bonds. The first-order valence-electron chi connectivity index (χ1n) is 7.28. The Hall–Kier alpha value is -0.770. The Morgan fingerprint density at radius 2 is 1.89 bits per heavy atom. The number of nitrogens with zero attached hydrogens (tertiary/aromatic N) is 3. The van der Waals surface area contributed by atoms with Crippen molar-refractivity contribution in [3.63, 3.8) is 0 Å². The lowest BCUT2D eigenvalue weighted by atomic mass is 9.99. The van der Waals surface area contributed by atoms with E-state index in [-0.39, 0.29) is 6.03 Å². The smallest absolute Gasteiger partial charge is 0.319 e. The van der Waals surface area contributed by atoms with E-state index in [1.807, 2.05) is 16.8 Å². The number of likely N-dealkylation sites (tertiary alicyclic amines) is 2. The van der Waals surface area contributed by atoms with Gasteiger partial charge in [0.25, 0.3) is 0 Å². The normalized spacial score (nSPS) is 26.6. The predicted molar refractivity (Wildman–Crippen MR) is 73.6 cm³/mol. The monoisotopic (exact) mass is 253 g/mol. The van der Waals surface area contributed by atoms with Crippen molar-refractivity contribution in [2.24, 2.45) is 5.92 Å². The van der Waals surface area contributed by atoms with Gasteiger partial charge in [-0.05, 0) is 45.2 Å². The maximum absolute atomic E-state index is 12.3. The summed E-state index contributed by atoms with van der Waals surface area (Å²) in [4.78, 5) is 18.7. The molecule has 0 radical (unpaired) electrons. The summed E-state index contributed by atoms with van der Waals surface area (Å²) in [5, 5.41) is 0. The molecule has 2 fully saturated rings. The van der Waals surface area contributed by atoms with Crippen LogP contribution in [-0.4, -0.2) is 67.0 Å². The largest absolute Gasteiger partial charge is 0.326 e. The zero-order valence-electron chi connectivity index (χ0n) is 12.1. The molecule has 2 aliphatic heterocycles. The Balaban J connectivity index is 1.81. The van der Waals surface area contributed by atoms with Gasteiger partial charge in [-0.2, -0.15) is 0 Å². The summed E-state index contributed by atoms with van der Waals surface area (Å²) in [6.07, 6.45) is 4.81. The molecule has 0 aromatic carbocycles.